The molecule has 0 aliphatic carbocycles. The van der Waals surface area contributed by atoms with Crippen LogP contribution in [0.4, 0.5) is 5.95 Å². The molecule has 0 saturated carbocycles. The number of allylic oxidation sites excluding steroid dienone is 1. The fourth-order valence-corrected chi connectivity index (χ4v) is 2.91. The SMILES string of the molecule is CCc1ccc(C2C=C(c3ccccc3)Nc3ncnn32)cc1. The fraction of sp³-hybridized carbons (Fsp3) is 0.158. The van der Waals surface area contributed by atoms with Gasteiger partial charge in [0.15, 0.2) is 0 Å². The summed E-state index contributed by atoms with van der Waals surface area (Å²) in [5.74, 6) is 0.774. The van der Waals surface area contributed by atoms with E-state index in [-0.39, 0.29) is 6.04 Å². The number of nitrogens with one attached hydrogen (secondary N) is 1. The zero-order valence-electron chi connectivity index (χ0n) is 13.0. The Morgan fingerprint density at radius 3 is 2.57 bits per heavy atom. The van der Waals surface area contributed by atoms with Gasteiger partial charge in [-0.3, -0.25) is 0 Å². The summed E-state index contributed by atoms with van der Waals surface area (Å²) in [6.07, 6.45) is 4.85. The third-order valence-corrected chi connectivity index (χ3v) is 4.22. The first-order valence-corrected chi connectivity index (χ1v) is 7.88. The Morgan fingerprint density at radius 2 is 1.83 bits per heavy atom. The summed E-state index contributed by atoms with van der Waals surface area (Å²) in [6, 6.07) is 19.1. The van der Waals surface area contributed by atoms with E-state index in [1.165, 1.54) is 11.1 Å². The molecule has 0 saturated heterocycles. The largest absolute Gasteiger partial charge is 0.324 e. The van der Waals surface area contributed by atoms with Crippen molar-refractivity contribution in [2.45, 2.75) is 19.4 Å². The summed E-state index contributed by atoms with van der Waals surface area (Å²) in [5, 5.41) is 7.75. The Labute approximate surface area is 135 Å². The molecule has 114 valence electrons. The van der Waals surface area contributed by atoms with Crippen molar-refractivity contribution in [3.05, 3.63) is 83.7 Å². The van der Waals surface area contributed by atoms with Crippen molar-refractivity contribution in [3.63, 3.8) is 0 Å². The van der Waals surface area contributed by atoms with Gasteiger partial charge in [-0.25, -0.2) is 4.68 Å². The molecule has 4 rings (SSSR count). The normalized spacial score (nSPS) is 16.4. The smallest absolute Gasteiger partial charge is 0.226 e. The molecule has 3 aromatic rings. The van der Waals surface area contributed by atoms with E-state index in [9.17, 15) is 0 Å². The van der Waals surface area contributed by atoms with Crippen LogP contribution in [-0.2, 0) is 6.42 Å². The maximum Gasteiger partial charge on any atom is 0.226 e. The molecule has 4 nitrogen and oxygen atoms in total. The van der Waals surface area contributed by atoms with Crippen molar-refractivity contribution >= 4 is 11.6 Å². The van der Waals surface area contributed by atoms with Crippen molar-refractivity contribution in [2.24, 2.45) is 0 Å². The Morgan fingerprint density at radius 1 is 1.04 bits per heavy atom. The molecule has 1 aromatic heterocycles. The molecule has 2 aromatic carbocycles. The summed E-state index contributed by atoms with van der Waals surface area (Å²) < 4.78 is 1.92. The standard InChI is InChI=1S/C19H18N4/c1-2-14-8-10-16(11-9-14)18-12-17(15-6-4-3-5-7-15)22-19-20-13-21-23(18)19/h3-13,18H,2H2,1H3,(H,20,21,22). The Kier molecular flexibility index (Phi) is 3.42. The van der Waals surface area contributed by atoms with Crippen molar-refractivity contribution < 1.29 is 0 Å². The van der Waals surface area contributed by atoms with Crippen molar-refractivity contribution in [3.8, 4) is 0 Å². The second-order valence-corrected chi connectivity index (χ2v) is 5.64. The second-order valence-electron chi connectivity index (χ2n) is 5.64. The topological polar surface area (TPSA) is 42.7 Å². The maximum absolute atomic E-state index is 4.38. The molecule has 4 heteroatoms. The fourth-order valence-electron chi connectivity index (χ4n) is 2.91. The Bertz CT molecular complexity index is 831. The number of benzene rings is 2. The molecule has 1 atom stereocenters. The molecule has 1 N–H and O–H groups in total. The Hall–Kier alpha value is -2.88. The molecule has 2 heterocycles. The third kappa shape index (κ3) is 2.52. The van der Waals surface area contributed by atoms with E-state index in [1.807, 2.05) is 22.9 Å². The van der Waals surface area contributed by atoms with Crippen LogP contribution in [0.25, 0.3) is 5.70 Å². The minimum atomic E-state index is 0.0508. The third-order valence-electron chi connectivity index (χ3n) is 4.22. The van der Waals surface area contributed by atoms with E-state index < -0.39 is 0 Å². The summed E-state index contributed by atoms with van der Waals surface area (Å²) in [6.45, 7) is 2.17. The van der Waals surface area contributed by atoms with Gasteiger partial charge in [0, 0.05) is 5.70 Å². The van der Waals surface area contributed by atoms with Crippen molar-refractivity contribution in [2.75, 3.05) is 5.32 Å². The molecular weight excluding hydrogens is 284 g/mol. The minimum absolute atomic E-state index is 0.0508. The lowest BCUT2D eigenvalue weighted by atomic mass is 10.00. The van der Waals surface area contributed by atoms with Gasteiger partial charge in [-0.05, 0) is 29.2 Å². The average Bonchev–Trinajstić information content (AvgIpc) is 3.10. The Balaban J connectivity index is 1.78. The molecule has 1 aliphatic rings. The van der Waals surface area contributed by atoms with Gasteiger partial charge in [-0.1, -0.05) is 61.5 Å². The highest BCUT2D eigenvalue weighted by atomic mass is 15.4. The van der Waals surface area contributed by atoms with Crippen LogP contribution in [0.3, 0.4) is 0 Å². The molecule has 1 unspecified atom stereocenters. The van der Waals surface area contributed by atoms with Gasteiger partial charge in [0.25, 0.3) is 0 Å². The zero-order valence-corrected chi connectivity index (χ0v) is 13.0. The summed E-state index contributed by atoms with van der Waals surface area (Å²) in [7, 11) is 0. The number of hydrogen-bond acceptors (Lipinski definition) is 3. The van der Waals surface area contributed by atoms with Crippen LogP contribution in [0.15, 0.2) is 67.0 Å². The van der Waals surface area contributed by atoms with E-state index in [0.29, 0.717) is 0 Å². The van der Waals surface area contributed by atoms with Gasteiger partial charge in [0.05, 0.1) is 0 Å². The number of anilines is 1. The van der Waals surface area contributed by atoms with Gasteiger partial charge in [-0.2, -0.15) is 10.1 Å². The number of aryl methyl sites for hydroxylation is 1. The van der Waals surface area contributed by atoms with Gasteiger partial charge >= 0.3 is 0 Å². The number of aromatic nitrogens is 3. The number of fused-ring (bicyclic) bond motifs is 1. The lowest BCUT2D eigenvalue weighted by molar-refractivity contribution is 0.611. The lowest BCUT2D eigenvalue weighted by Gasteiger charge is -2.24. The molecule has 0 fully saturated rings. The van der Waals surface area contributed by atoms with Crippen LogP contribution in [0.1, 0.15) is 29.7 Å². The first kappa shape index (κ1) is 13.8. The van der Waals surface area contributed by atoms with E-state index in [4.69, 9.17) is 0 Å². The highest BCUT2D eigenvalue weighted by molar-refractivity contribution is 5.76. The minimum Gasteiger partial charge on any atom is -0.324 e. The molecule has 1 aliphatic heterocycles. The second kappa shape index (κ2) is 5.72. The van der Waals surface area contributed by atoms with Gasteiger partial charge in [0.2, 0.25) is 5.95 Å². The van der Waals surface area contributed by atoms with Crippen LogP contribution in [0, 0.1) is 0 Å². The molecule has 23 heavy (non-hydrogen) atoms. The van der Waals surface area contributed by atoms with Crippen LogP contribution >= 0.6 is 0 Å². The molecule has 0 bridgehead atoms. The van der Waals surface area contributed by atoms with Crippen LogP contribution in [-0.4, -0.2) is 14.8 Å². The van der Waals surface area contributed by atoms with E-state index >= 15 is 0 Å². The molecule has 0 radical (unpaired) electrons. The quantitative estimate of drug-likeness (QED) is 0.798. The predicted molar refractivity (Wildman–Crippen MR) is 92.0 cm³/mol. The maximum atomic E-state index is 4.38. The van der Waals surface area contributed by atoms with Crippen molar-refractivity contribution in [1.29, 1.82) is 0 Å². The zero-order chi connectivity index (χ0) is 15.6. The van der Waals surface area contributed by atoms with E-state index in [1.54, 1.807) is 6.33 Å². The lowest BCUT2D eigenvalue weighted by Crippen LogP contribution is -2.20. The van der Waals surface area contributed by atoms with Crippen LogP contribution < -0.4 is 5.32 Å². The van der Waals surface area contributed by atoms with Gasteiger partial charge < -0.3 is 5.32 Å². The molecular formula is C19H18N4. The first-order valence-electron chi connectivity index (χ1n) is 7.88. The molecule has 0 amide bonds. The number of hydrogen-bond donors (Lipinski definition) is 1. The predicted octanol–water partition coefficient (Wildman–Crippen LogP) is 3.90. The van der Waals surface area contributed by atoms with Gasteiger partial charge in [-0.15, -0.1) is 0 Å². The van der Waals surface area contributed by atoms with Gasteiger partial charge in [0.1, 0.15) is 12.4 Å². The summed E-state index contributed by atoms with van der Waals surface area (Å²) >= 11 is 0. The molecule has 0 spiro atoms. The summed E-state index contributed by atoms with van der Waals surface area (Å²) in [5.41, 5.74) is 4.77. The van der Waals surface area contributed by atoms with E-state index in [0.717, 1.165) is 23.6 Å². The average molecular weight is 302 g/mol. The van der Waals surface area contributed by atoms with Crippen molar-refractivity contribution in [1.82, 2.24) is 14.8 Å². The van der Waals surface area contributed by atoms with E-state index in [2.05, 4.69) is 64.8 Å². The highest BCUT2D eigenvalue weighted by Crippen LogP contribution is 2.31. The highest BCUT2D eigenvalue weighted by Gasteiger charge is 2.23. The van der Waals surface area contributed by atoms with Crippen LogP contribution in [0.2, 0.25) is 0 Å². The number of nitrogens with zero attached hydrogens (tertiary/aromatic N) is 3. The first-order chi connectivity index (χ1) is 11.3. The number of rotatable bonds is 3. The van der Waals surface area contributed by atoms with Crippen LogP contribution in [0.5, 0.6) is 0 Å². The monoisotopic (exact) mass is 302 g/mol. The summed E-state index contributed by atoms with van der Waals surface area (Å²) in [4.78, 5) is 4.34.